The van der Waals surface area contributed by atoms with Gasteiger partial charge in [0, 0.05) is 11.7 Å². The normalized spacial score (nSPS) is 24.0. The Morgan fingerprint density at radius 3 is 2.62 bits per heavy atom. The van der Waals surface area contributed by atoms with Crippen molar-refractivity contribution in [3.63, 3.8) is 0 Å². The standard InChI is InChI=1S/C14H14ClF3N2O/c1-8-2-5-12(13(21)14(16,17)18)20(8)10-4-3-9(7-19)11(15)6-10/h3-4,6,8,12-13,21H,2,5H2,1H3. The maximum absolute atomic E-state index is 12.8. The van der Waals surface area contributed by atoms with Gasteiger partial charge in [-0.1, -0.05) is 11.6 Å². The molecule has 3 unspecified atom stereocenters. The van der Waals surface area contributed by atoms with Crippen LogP contribution < -0.4 is 4.90 Å². The van der Waals surface area contributed by atoms with E-state index in [1.54, 1.807) is 13.0 Å². The van der Waals surface area contributed by atoms with Gasteiger partial charge < -0.3 is 10.0 Å². The number of nitriles is 1. The minimum absolute atomic E-state index is 0.143. The zero-order valence-electron chi connectivity index (χ0n) is 11.2. The van der Waals surface area contributed by atoms with Crippen LogP contribution in [0, 0.1) is 11.3 Å². The minimum atomic E-state index is -4.66. The zero-order valence-corrected chi connectivity index (χ0v) is 12.0. The second kappa shape index (κ2) is 5.74. The van der Waals surface area contributed by atoms with Crippen LogP contribution in [0.4, 0.5) is 18.9 Å². The van der Waals surface area contributed by atoms with Crippen LogP contribution >= 0.6 is 11.6 Å². The van der Waals surface area contributed by atoms with Gasteiger partial charge >= 0.3 is 6.18 Å². The molecule has 3 nitrogen and oxygen atoms in total. The van der Waals surface area contributed by atoms with Crippen LogP contribution in [0.5, 0.6) is 0 Å². The van der Waals surface area contributed by atoms with Gasteiger partial charge in [0.15, 0.2) is 6.10 Å². The highest BCUT2D eigenvalue weighted by atomic mass is 35.5. The molecule has 1 aromatic rings. The Labute approximate surface area is 125 Å². The minimum Gasteiger partial charge on any atom is -0.382 e. The zero-order chi connectivity index (χ0) is 15.8. The molecule has 0 spiro atoms. The molecule has 0 aromatic heterocycles. The van der Waals surface area contributed by atoms with Crippen molar-refractivity contribution in [3.05, 3.63) is 28.8 Å². The van der Waals surface area contributed by atoms with E-state index >= 15 is 0 Å². The molecule has 0 aliphatic carbocycles. The summed E-state index contributed by atoms with van der Waals surface area (Å²) in [5.74, 6) is 0. The molecule has 1 aromatic carbocycles. The van der Waals surface area contributed by atoms with Crippen LogP contribution in [0.1, 0.15) is 25.3 Å². The Kier molecular flexibility index (Phi) is 4.35. The Morgan fingerprint density at radius 2 is 2.10 bits per heavy atom. The van der Waals surface area contributed by atoms with E-state index in [-0.39, 0.29) is 23.0 Å². The third-order valence-corrected chi connectivity index (χ3v) is 4.10. The first kappa shape index (κ1) is 15.9. The summed E-state index contributed by atoms with van der Waals surface area (Å²) in [5.41, 5.74) is 0.748. The van der Waals surface area contributed by atoms with E-state index in [9.17, 15) is 18.3 Å². The molecule has 3 atom stereocenters. The fourth-order valence-electron chi connectivity index (χ4n) is 2.75. The molecular weight excluding hydrogens is 305 g/mol. The van der Waals surface area contributed by atoms with Crippen molar-refractivity contribution in [3.8, 4) is 6.07 Å². The topological polar surface area (TPSA) is 47.3 Å². The van der Waals surface area contributed by atoms with E-state index in [2.05, 4.69) is 0 Å². The van der Waals surface area contributed by atoms with Gasteiger partial charge in [-0.2, -0.15) is 18.4 Å². The second-order valence-corrected chi connectivity index (χ2v) is 5.57. The van der Waals surface area contributed by atoms with Gasteiger partial charge in [-0.05, 0) is 38.0 Å². The highest BCUT2D eigenvalue weighted by molar-refractivity contribution is 6.32. The molecule has 1 heterocycles. The van der Waals surface area contributed by atoms with E-state index in [1.165, 1.54) is 17.0 Å². The number of nitrogens with zero attached hydrogens (tertiary/aromatic N) is 2. The Balaban J connectivity index is 2.35. The van der Waals surface area contributed by atoms with E-state index in [1.807, 2.05) is 6.07 Å². The van der Waals surface area contributed by atoms with E-state index in [0.717, 1.165) is 0 Å². The number of hydrogen-bond acceptors (Lipinski definition) is 3. The SMILES string of the molecule is CC1CCC(C(O)C(F)(F)F)N1c1ccc(C#N)c(Cl)c1. The van der Waals surface area contributed by atoms with Crippen molar-refractivity contribution >= 4 is 17.3 Å². The molecule has 21 heavy (non-hydrogen) atoms. The van der Waals surface area contributed by atoms with E-state index in [4.69, 9.17) is 16.9 Å². The molecule has 1 fully saturated rings. The van der Waals surface area contributed by atoms with Gasteiger partial charge in [0.1, 0.15) is 6.07 Å². The fraction of sp³-hybridized carbons (Fsp3) is 0.500. The predicted molar refractivity (Wildman–Crippen MR) is 73.2 cm³/mol. The van der Waals surface area contributed by atoms with Crippen molar-refractivity contribution in [2.45, 2.75) is 44.1 Å². The van der Waals surface area contributed by atoms with Crippen molar-refractivity contribution in [2.24, 2.45) is 0 Å². The van der Waals surface area contributed by atoms with Gasteiger partial charge in [0.25, 0.3) is 0 Å². The molecule has 114 valence electrons. The first-order valence-corrected chi connectivity index (χ1v) is 6.86. The number of halogens is 4. The molecule has 0 radical (unpaired) electrons. The number of alkyl halides is 3. The summed E-state index contributed by atoms with van der Waals surface area (Å²) in [7, 11) is 0. The lowest BCUT2D eigenvalue weighted by molar-refractivity contribution is -0.209. The molecule has 0 amide bonds. The smallest absolute Gasteiger partial charge is 0.382 e. The molecule has 0 bridgehead atoms. The van der Waals surface area contributed by atoms with Crippen LogP contribution in [-0.2, 0) is 0 Å². The molecule has 7 heteroatoms. The summed E-state index contributed by atoms with van der Waals surface area (Å²) in [5, 5.41) is 18.6. The van der Waals surface area contributed by atoms with Crippen LogP contribution in [0.15, 0.2) is 18.2 Å². The van der Waals surface area contributed by atoms with Crippen LogP contribution in [0.25, 0.3) is 0 Å². The Bertz CT molecular complexity index is 570. The van der Waals surface area contributed by atoms with Crippen LogP contribution in [0.2, 0.25) is 5.02 Å². The summed E-state index contributed by atoms with van der Waals surface area (Å²) in [6.07, 6.45) is -6.27. The van der Waals surface area contributed by atoms with Gasteiger partial charge in [0.2, 0.25) is 0 Å². The number of benzene rings is 1. The lowest BCUT2D eigenvalue weighted by atomic mass is 10.1. The summed E-state index contributed by atoms with van der Waals surface area (Å²) >= 11 is 5.94. The maximum Gasteiger partial charge on any atom is 0.416 e. The van der Waals surface area contributed by atoms with E-state index < -0.39 is 18.3 Å². The number of rotatable bonds is 2. The number of aliphatic hydroxyl groups is 1. The number of hydrogen-bond donors (Lipinski definition) is 1. The summed E-state index contributed by atoms with van der Waals surface area (Å²) < 4.78 is 38.3. The average Bonchev–Trinajstić information content (AvgIpc) is 2.78. The summed E-state index contributed by atoms with van der Waals surface area (Å²) in [4.78, 5) is 1.53. The predicted octanol–water partition coefficient (Wildman–Crippen LogP) is 3.49. The Hall–Kier alpha value is -1.45. The van der Waals surface area contributed by atoms with Crippen LogP contribution in [-0.4, -0.2) is 29.5 Å². The molecule has 1 aliphatic heterocycles. The summed E-state index contributed by atoms with van der Waals surface area (Å²) in [6.45, 7) is 1.80. The van der Waals surface area contributed by atoms with Crippen molar-refractivity contribution < 1.29 is 18.3 Å². The third kappa shape index (κ3) is 3.09. The lowest BCUT2D eigenvalue weighted by Gasteiger charge is -2.34. The highest BCUT2D eigenvalue weighted by Gasteiger charge is 2.48. The van der Waals surface area contributed by atoms with Crippen molar-refractivity contribution in [2.75, 3.05) is 4.90 Å². The molecule has 1 saturated heterocycles. The van der Waals surface area contributed by atoms with Gasteiger partial charge in [-0.15, -0.1) is 0 Å². The van der Waals surface area contributed by atoms with Crippen molar-refractivity contribution in [1.82, 2.24) is 0 Å². The third-order valence-electron chi connectivity index (χ3n) is 3.78. The van der Waals surface area contributed by atoms with Crippen LogP contribution in [0.3, 0.4) is 0 Å². The number of aliphatic hydroxyl groups excluding tert-OH is 1. The Morgan fingerprint density at radius 1 is 1.43 bits per heavy atom. The molecule has 0 saturated carbocycles. The summed E-state index contributed by atoms with van der Waals surface area (Å²) in [6, 6.07) is 5.22. The monoisotopic (exact) mass is 318 g/mol. The molecule has 1 N–H and O–H groups in total. The van der Waals surface area contributed by atoms with Crippen molar-refractivity contribution in [1.29, 1.82) is 5.26 Å². The van der Waals surface area contributed by atoms with Gasteiger partial charge in [0.05, 0.1) is 16.6 Å². The first-order valence-electron chi connectivity index (χ1n) is 6.48. The average molecular weight is 319 g/mol. The molecular formula is C14H14ClF3N2O. The lowest BCUT2D eigenvalue weighted by Crippen LogP contribution is -2.48. The van der Waals surface area contributed by atoms with Gasteiger partial charge in [-0.25, -0.2) is 0 Å². The highest BCUT2D eigenvalue weighted by Crippen LogP contribution is 2.37. The fourth-order valence-corrected chi connectivity index (χ4v) is 2.96. The number of anilines is 1. The quantitative estimate of drug-likeness (QED) is 0.908. The first-order chi connectivity index (χ1) is 9.75. The maximum atomic E-state index is 12.8. The molecule has 1 aliphatic rings. The molecule has 2 rings (SSSR count). The second-order valence-electron chi connectivity index (χ2n) is 5.16. The van der Waals surface area contributed by atoms with Gasteiger partial charge in [-0.3, -0.25) is 0 Å². The largest absolute Gasteiger partial charge is 0.416 e. The van der Waals surface area contributed by atoms with E-state index in [0.29, 0.717) is 12.1 Å².